The first-order valence-corrected chi connectivity index (χ1v) is 7.72. The van der Waals surface area contributed by atoms with Crippen LogP contribution in [0.4, 0.5) is 0 Å². The van der Waals surface area contributed by atoms with Gasteiger partial charge in [-0.2, -0.15) is 12.7 Å². The lowest BCUT2D eigenvalue weighted by atomic mass is 10.2. The summed E-state index contributed by atoms with van der Waals surface area (Å²) < 4.78 is 39.3. The molecule has 3 rings (SSSR count). The summed E-state index contributed by atoms with van der Waals surface area (Å²) in [6.45, 7) is 0. The third-order valence-electron chi connectivity index (χ3n) is 3.62. The summed E-state index contributed by atoms with van der Waals surface area (Å²) in [5.74, 6) is 0. The van der Waals surface area contributed by atoms with Crippen molar-refractivity contribution in [3.63, 3.8) is 0 Å². The van der Waals surface area contributed by atoms with E-state index in [1.54, 1.807) is 23.2 Å². The summed E-state index contributed by atoms with van der Waals surface area (Å²) >= 11 is 0. The minimum Gasteiger partial charge on any atom is -0.389 e. The number of likely N-dealkylation sites (N-methyl/N-ethyl adjacent to an activating group) is 1. The molecule has 8 nitrogen and oxygen atoms in total. The predicted octanol–water partition coefficient (Wildman–Crippen LogP) is 0.377. The second kappa shape index (κ2) is 5.04. The zero-order chi connectivity index (χ0) is 15.2. The SMILES string of the molecule is CN([C@@H]1O[C@@H](n2ccc3cnccc32)C[C@@H]1O)S(=O)(=O)O. The molecule has 3 heterocycles. The first-order valence-electron chi connectivity index (χ1n) is 6.32. The molecule has 0 bridgehead atoms. The molecular formula is C12H15N3O5S. The average molecular weight is 313 g/mol. The largest absolute Gasteiger partial charge is 0.389 e. The monoisotopic (exact) mass is 313 g/mol. The lowest BCUT2D eigenvalue weighted by Gasteiger charge is -2.23. The third kappa shape index (κ3) is 2.54. The van der Waals surface area contributed by atoms with Gasteiger partial charge in [0.2, 0.25) is 0 Å². The van der Waals surface area contributed by atoms with Gasteiger partial charge in [-0.3, -0.25) is 9.54 Å². The van der Waals surface area contributed by atoms with Gasteiger partial charge in [-0.15, -0.1) is 0 Å². The van der Waals surface area contributed by atoms with E-state index in [0.717, 1.165) is 18.0 Å². The molecular weight excluding hydrogens is 298 g/mol. The molecule has 2 N–H and O–H groups in total. The molecule has 9 heteroatoms. The zero-order valence-electron chi connectivity index (χ0n) is 11.2. The summed E-state index contributed by atoms with van der Waals surface area (Å²) in [6, 6.07) is 3.67. The van der Waals surface area contributed by atoms with Gasteiger partial charge < -0.3 is 14.4 Å². The summed E-state index contributed by atoms with van der Waals surface area (Å²) in [5, 5.41) is 10.9. The molecule has 0 amide bonds. The predicted molar refractivity (Wildman–Crippen MR) is 73.6 cm³/mol. The van der Waals surface area contributed by atoms with Gasteiger partial charge in [-0.05, 0) is 12.1 Å². The summed E-state index contributed by atoms with van der Waals surface area (Å²) in [6.07, 6.45) is 2.70. The molecule has 1 fully saturated rings. The number of pyridine rings is 1. The number of hydrogen-bond acceptors (Lipinski definition) is 5. The zero-order valence-corrected chi connectivity index (χ0v) is 12.0. The van der Waals surface area contributed by atoms with Crippen molar-refractivity contribution in [2.24, 2.45) is 0 Å². The van der Waals surface area contributed by atoms with Crippen LogP contribution in [0.3, 0.4) is 0 Å². The van der Waals surface area contributed by atoms with E-state index in [1.807, 2.05) is 12.1 Å². The standard InChI is InChI=1S/C12H15N3O5S/c1-14(21(17,18)19)12-10(16)6-11(20-12)15-5-3-8-7-13-4-2-9(8)15/h2-5,7,10-12,16H,6H2,1H3,(H,17,18,19)/t10-,11+,12+/m0/s1. The molecule has 1 saturated heterocycles. The van der Waals surface area contributed by atoms with Gasteiger partial charge in [0, 0.05) is 37.4 Å². The molecule has 1 aliphatic heterocycles. The maximum atomic E-state index is 11.1. The van der Waals surface area contributed by atoms with E-state index in [0.29, 0.717) is 4.31 Å². The van der Waals surface area contributed by atoms with Crippen LogP contribution in [-0.4, -0.2) is 51.3 Å². The number of aliphatic hydroxyl groups excluding tert-OH is 1. The van der Waals surface area contributed by atoms with Crippen molar-refractivity contribution < 1.29 is 22.8 Å². The van der Waals surface area contributed by atoms with Crippen molar-refractivity contribution in [3.8, 4) is 0 Å². The molecule has 0 aromatic carbocycles. The summed E-state index contributed by atoms with van der Waals surface area (Å²) in [4.78, 5) is 4.02. The first-order chi connectivity index (χ1) is 9.88. The lowest BCUT2D eigenvalue weighted by molar-refractivity contribution is -0.0683. The Bertz CT molecular complexity index is 759. The quantitative estimate of drug-likeness (QED) is 0.794. The molecule has 0 saturated carbocycles. The van der Waals surface area contributed by atoms with E-state index in [9.17, 15) is 13.5 Å². The summed E-state index contributed by atoms with van der Waals surface area (Å²) in [5.41, 5.74) is 0.873. The van der Waals surface area contributed by atoms with Crippen LogP contribution in [0.1, 0.15) is 12.6 Å². The first kappa shape index (κ1) is 14.4. The molecule has 0 spiro atoms. The molecule has 1 aliphatic rings. The second-order valence-electron chi connectivity index (χ2n) is 4.94. The van der Waals surface area contributed by atoms with Crippen molar-refractivity contribution in [1.29, 1.82) is 0 Å². The van der Waals surface area contributed by atoms with Crippen LogP contribution < -0.4 is 0 Å². The van der Waals surface area contributed by atoms with Crippen LogP contribution in [0.5, 0.6) is 0 Å². The van der Waals surface area contributed by atoms with Crippen LogP contribution >= 0.6 is 0 Å². The molecule has 21 heavy (non-hydrogen) atoms. The lowest BCUT2D eigenvalue weighted by Crippen LogP contribution is -2.42. The highest BCUT2D eigenvalue weighted by Crippen LogP contribution is 2.33. The van der Waals surface area contributed by atoms with Gasteiger partial charge in [0.1, 0.15) is 6.23 Å². The minimum absolute atomic E-state index is 0.219. The number of aromatic nitrogens is 2. The van der Waals surface area contributed by atoms with Gasteiger partial charge in [0.05, 0.1) is 11.6 Å². The molecule has 114 valence electrons. The third-order valence-corrected chi connectivity index (χ3v) is 4.56. The fourth-order valence-corrected chi connectivity index (χ4v) is 2.98. The molecule has 0 unspecified atom stereocenters. The highest BCUT2D eigenvalue weighted by Gasteiger charge is 2.41. The smallest absolute Gasteiger partial charge is 0.337 e. The van der Waals surface area contributed by atoms with Crippen LogP contribution in [-0.2, 0) is 15.0 Å². The van der Waals surface area contributed by atoms with E-state index in [-0.39, 0.29) is 6.42 Å². The Morgan fingerprint density at radius 1 is 1.48 bits per heavy atom. The van der Waals surface area contributed by atoms with E-state index in [4.69, 9.17) is 9.29 Å². The minimum atomic E-state index is -4.42. The van der Waals surface area contributed by atoms with E-state index in [1.165, 1.54) is 0 Å². The van der Waals surface area contributed by atoms with E-state index < -0.39 is 28.9 Å². The van der Waals surface area contributed by atoms with Gasteiger partial charge in [0.15, 0.2) is 6.23 Å². The van der Waals surface area contributed by atoms with Crippen LogP contribution in [0.2, 0.25) is 0 Å². The average Bonchev–Trinajstić information content (AvgIpc) is 3.00. The highest BCUT2D eigenvalue weighted by molar-refractivity contribution is 7.83. The Kier molecular flexibility index (Phi) is 3.46. The Balaban J connectivity index is 1.89. The normalized spacial score (nSPS) is 26.8. The van der Waals surface area contributed by atoms with Crippen LogP contribution in [0, 0.1) is 0 Å². The molecule has 0 aliphatic carbocycles. The van der Waals surface area contributed by atoms with Crippen molar-refractivity contribution >= 4 is 21.2 Å². The van der Waals surface area contributed by atoms with Gasteiger partial charge >= 0.3 is 10.3 Å². The fraction of sp³-hybridized carbons (Fsp3) is 0.417. The number of rotatable bonds is 3. The van der Waals surface area contributed by atoms with E-state index in [2.05, 4.69) is 4.98 Å². The number of ether oxygens (including phenoxy) is 1. The van der Waals surface area contributed by atoms with E-state index >= 15 is 0 Å². The maximum Gasteiger partial charge on any atom is 0.337 e. The fourth-order valence-electron chi connectivity index (χ4n) is 2.52. The Hall–Kier alpha value is -1.52. The van der Waals surface area contributed by atoms with Gasteiger partial charge in [0.25, 0.3) is 0 Å². The van der Waals surface area contributed by atoms with Crippen LogP contribution in [0.25, 0.3) is 10.9 Å². The maximum absolute atomic E-state index is 11.1. The number of nitrogens with zero attached hydrogens (tertiary/aromatic N) is 3. The highest BCUT2D eigenvalue weighted by atomic mass is 32.2. The number of fused-ring (bicyclic) bond motifs is 1. The topological polar surface area (TPSA) is 105 Å². The van der Waals surface area contributed by atoms with Crippen molar-refractivity contribution in [2.45, 2.75) is 25.0 Å². The number of aliphatic hydroxyl groups is 1. The Morgan fingerprint density at radius 2 is 2.24 bits per heavy atom. The molecule has 0 radical (unpaired) electrons. The Morgan fingerprint density at radius 3 is 2.95 bits per heavy atom. The van der Waals surface area contributed by atoms with Crippen LogP contribution in [0.15, 0.2) is 30.7 Å². The molecule has 2 aromatic heterocycles. The second-order valence-corrected chi connectivity index (χ2v) is 6.41. The molecule has 3 atom stereocenters. The number of hydrogen-bond donors (Lipinski definition) is 2. The van der Waals surface area contributed by atoms with Gasteiger partial charge in [-0.25, -0.2) is 0 Å². The van der Waals surface area contributed by atoms with Gasteiger partial charge in [-0.1, -0.05) is 0 Å². The molecule has 2 aromatic rings. The van der Waals surface area contributed by atoms with Crippen molar-refractivity contribution in [3.05, 3.63) is 30.7 Å². The Labute approximate surface area is 121 Å². The van der Waals surface area contributed by atoms with Crippen molar-refractivity contribution in [2.75, 3.05) is 7.05 Å². The van der Waals surface area contributed by atoms with Crippen molar-refractivity contribution in [1.82, 2.24) is 13.9 Å². The summed E-state index contributed by atoms with van der Waals surface area (Å²) in [7, 11) is -3.27.